The Labute approximate surface area is 124 Å². The van der Waals surface area contributed by atoms with Crippen LogP contribution in [0.2, 0.25) is 0 Å². The zero-order chi connectivity index (χ0) is 14.8. The highest BCUT2D eigenvalue weighted by molar-refractivity contribution is 5.80. The number of carbonyl (C=O) groups excluding carboxylic acids is 1. The molecule has 2 bridgehead atoms. The molecular formula is C16H22N2O3. The highest BCUT2D eigenvalue weighted by atomic mass is 16.7. The molecule has 5 heteroatoms. The van der Waals surface area contributed by atoms with Crippen molar-refractivity contribution >= 4 is 5.91 Å². The van der Waals surface area contributed by atoms with Crippen LogP contribution in [0.3, 0.4) is 0 Å². The van der Waals surface area contributed by atoms with E-state index in [1.807, 2.05) is 37.3 Å². The van der Waals surface area contributed by atoms with E-state index in [0.29, 0.717) is 13.2 Å². The van der Waals surface area contributed by atoms with Crippen molar-refractivity contribution < 1.29 is 14.7 Å². The minimum Gasteiger partial charge on any atom is -0.389 e. The molecule has 0 aromatic heterocycles. The summed E-state index contributed by atoms with van der Waals surface area (Å²) in [6.45, 7) is 2.93. The molecule has 0 aromatic carbocycles. The maximum Gasteiger partial charge on any atom is 0.253 e. The second-order valence-corrected chi connectivity index (χ2v) is 5.97. The van der Waals surface area contributed by atoms with Gasteiger partial charge in [0.25, 0.3) is 5.91 Å². The lowest BCUT2D eigenvalue weighted by molar-refractivity contribution is -0.203. The SMILES string of the molecule is C[C@@H]1C=C[C@H](N2OCC3C=CC=CC(C3)C2=O)C(O)CN1. The Hall–Kier alpha value is -1.43. The molecule has 0 aromatic rings. The molecule has 21 heavy (non-hydrogen) atoms. The molecule has 0 saturated carbocycles. The van der Waals surface area contributed by atoms with Gasteiger partial charge in [-0.25, -0.2) is 5.06 Å². The van der Waals surface area contributed by atoms with Crippen molar-refractivity contribution in [3.63, 3.8) is 0 Å². The number of hydrogen-bond donors (Lipinski definition) is 2. The second-order valence-electron chi connectivity index (χ2n) is 5.97. The Morgan fingerprint density at radius 3 is 2.95 bits per heavy atom. The van der Waals surface area contributed by atoms with Crippen LogP contribution in [-0.2, 0) is 9.63 Å². The maximum absolute atomic E-state index is 12.7. The van der Waals surface area contributed by atoms with Gasteiger partial charge in [-0.1, -0.05) is 36.5 Å². The number of aliphatic hydroxyl groups is 1. The predicted molar refractivity (Wildman–Crippen MR) is 79.1 cm³/mol. The highest BCUT2D eigenvalue weighted by Gasteiger charge is 2.37. The molecule has 5 atom stereocenters. The molecule has 3 aliphatic rings. The van der Waals surface area contributed by atoms with E-state index in [1.165, 1.54) is 5.06 Å². The molecule has 1 fully saturated rings. The number of aliphatic hydroxyl groups excluding tert-OH is 1. The van der Waals surface area contributed by atoms with Gasteiger partial charge in [-0.05, 0) is 13.3 Å². The topological polar surface area (TPSA) is 61.8 Å². The number of rotatable bonds is 1. The van der Waals surface area contributed by atoms with Crippen molar-refractivity contribution in [2.45, 2.75) is 31.5 Å². The van der Waals surface area contributed by atoms with Gasteiger partial charge >= 0.3 is 0 Å². The fraction of sp³-hybridized carbons (Fsp3) is 0.562. The highest BCUT2D eigenvalue weighted by Crippen LogP contribution is 2.27. The molecule has 3 rings (SSSR count). The molecule has 1 amide bonds. The summed E-state index contributed by atoms with van der Waals surface area (Å²) in [5.41, 5.74) is 0. The Morgan fingerprint density at radius 2 is 2.10 bits per heavy atom. The first-order valence-electron chi connectivity index (χ1n) is 7.56. The summed E-state index contributed by atoms with van der Waals surface area (Å²) in [4.78, 5) is 18.4. The van der Waals surface area contributed by atoms with Gasteiger partial charge in [-0.3, -0.25) is 9.63 Å². The van der Waals surface area contributed by atoms with Gasteiger partial charge in [0.15, 0.2) is 0 Å². The number of hydroxylamine groups is 2. The number of nitrogens with one attached hydrogen (secondary N) is 1. The number of hydrogen-bond acceptors (Lipinski definition) is 4. The summed E-state index contributed by atoms with van der Waals surface area (Å²) in [5.74, 6) is -0.00895. The number of fused-ring (bicyclic) bond motifs is 2. The van der Waals surface area contributed by atoms with Crippen LogP contribution < -0.4 is 5.32 Å². The van der Waals surface area contributed by atoms with Crippen molar-refractivity contribution in [2.75, 3.05) is 13.2 Å². The third kappa shape index (κ3) is 3.10. The lowest BCUT2D eigenvalue weighted by atomic mass is 9.95. The predicted octanol–water partition coefficient (Wildman–Crippen LogP) is 0.786. The lowest BCUT2D eigenvalue weighted by Crippen LogP contribution is -2.49. The van der Waals surface area contributed by atoms with E-state index in [1.54, 1.807) is 0 Å². The third-order valence-corrected chi connectivity index (χ3v) is 4.27. The van der Waals surface area contributed by atoms with Crippen LogP contribution >= 0.6 is 0 Å². The summed E-state index contributed by atoms with van der Waals surface area (Å²) in [6, 6.07) is -0.259. The molecule has 3 unspecified atom stereocenters. The first-order chi connectivity index (χ1) is 10.1. The van der Waals surface area contributed by atoms with E-state index in [0.717, 1.165) is 6.42 Å². The number of carbonyl (C=O) groups is 1. The summed E-state index contributed by atoms with van der Waals surface area (Å²) >= 11 is 0. The molecule has 2 aliphatic heterocycles. The van der Waals surface area contributed by atoms with E-state index in [9.17, 15) is 9.90 Å². The quantitative estimate of drug-likeness (QED) is 0.701. The van der Waals surface area contributed by atoms with Crippen LogP contribution in [0, 0.1) is 11.8 Å². The summed E-state index contributed by atoms with van der Waals surface area (Å²) in [5, 5.41) is 14.9. The molecule has 0 radical (unpaired) electrons. The molecule has 1 aliphatic carbocycles. The molecule has 1 saturated heterocycles. The van der Waals surface area contributed by atoms with E-state index >= 15 is 0 Å². The first-order valence-corrected chi connectivity index (χ1v) is 7.56. The molecule has 2 heterocycles. The lowest BCUT2D eigenvalue weighted by Gasteiger charge is -2.31. The Balaban J connectivity index is 1.83. The van der Waals surface area contributed by atoms with Crippen molar-refractivity contribution in [3.8, 4) is 0 Å². The molecular weight excluding hydrogens is 268 g/mol. The number of allylic oxidation sites excluding steroid dienone is 2. The normalized spacial score (nSPS) is 39.8. The Bertz CT molecular complexity index is 486. The number of nitrogens with zero attached hydrogens (tertiary/aromatic N) is 1. The largest absolute Gasteiger partial charge is 0.389 e. The minimum absolute atomic E-state index is 0.0688. The van der Waals surface area contributed by atoms with Gasteiger partial charge in [-0.2, -0.15) is 0 Å². The summed E-state index contributed by atoms with van der Waals surface area (Å²) < 4.78 is 0. The van der Waals surface area contributed by atoms with Crippen LogP contribution in [0.5, 0.6) is 0 Å². The van der Waals surface area contributed by atoms with Crippen LogP contribution in [0.1, 0.15) is 13.3 Å². The van der Waals surface area contributed by atoms with Gasteiger partial charge < -0.3 is 10.4 Å². The Kier molecular flexibility index (Phi) is 4.24. The molecule has 114 valence electrons. The van der Waals surface area contributed by atoms with Crippen LogP contribution in [0.15, 0.2) is 36.5 Å². The maximum atomic E-state index is 12.7. The van der Waals surface area contributed by atoms with Crippen LogP contribution in [-0.4, -0.2) is 47.4 Å². The zero-order valence-electron chi connectivity index (χ0n) is 12.2. The molecule has 5 nitrogen and oxygen atoms in total. The van der Waals surface area contributed by atoms with Gasteiger partial charge in [-0.15, -0.1) is 0 Å². The third-order valence-electron chi connectivity index (χ3n) is 4.27. The van der Waals surface area contributed by atoms with Crippen LogP contribution in [0.25, 0.3) is 0 Å². The van der Waals surface area contributed by atoms with E-state index in [4.69, 9.17) is 4.84 Å². The number of β-amino-alcohol motifs (C(OH)–C–C–N with tert-alkyl or cyclic N) is 1. The smallest absolute Gasteiger partial charge is 0.253 e. The summed E-state index contributed by atoms with van der Waals surface area (Å²) in [6.07, 6.45) is 11.8. The zero-order valence-corrected chi connectivity index (χ0v) is 12.2. The van der Waals surface area contributed by atoms with E-state index < -0.39 is 12.1 Å². The first kappa shape index (κ1) is 14.5. The Morgan fingerprint density at radius 1 is 1.29 bits per heavy atom. The van der Waals surface area contributed by atoms with Crippen LogP contribution in [0.4, 0.5) is 0 Å². The van der Waals surface area contributed by atoms with Crippen molar-refractivity contribution in [1.82, 2.24) is 10.4 Å². The van der Waals surface area contributed by atoms with Crippen molar-refractivity contribution in [1.29, 1.82) is 0 Å². The van der Waals surface area contributed by atoms with Crippen molar-refractivity contribution in [3.05, 3.63) is 36.5 Å². The average molecular weight is 290 g/mol. The van der Waals surface area contributed by atoms with Gasteiger partial charge in [0, 0.05) is 18.5 Å². The second kappa shape index (κ2) is 6.13. The average Bonchev–Trinajstić information content (AvgIpc) is 2.86. The van der Waals surface area contributed by atoms with Gasteiger partial charge in [0.1, 0.15) is 6.04 Å². The minimum atomic E-state index is -0.671. The van der Waals surface area contributed by atoms with E-state index in [2.05, 4.69) is 11.4 Å². The fourth-order valence-corrected chi connectivity index (χ4v) is 2.98. The molecule has 2 N–H and O–H groups in total. The standard InChI is InChI=1S/C16H22N2O3/c1-11-6-7-14(15(19)9-17-11)18-16(20)13-5-3-2-4-12(8-13)10-21-18/h2-7,11-15,17,19H,8-10H2,1H3/t11-,12?,13?,14+,15?/m1/s1. The monoisotopic (exact) mass is 290 g/mol. The van der Waals surface area contributed by atoms with Crippen molar-refractivity contribution in [2.24, 2.45) is 11.8 Å². The number of amides is 1. The fourth-order valence-electron chi connectivity index (χ4n) is 2.98. The van der Waals surface area contributed by atoms with Gasteiger partial charge in [0.05, 0.1) is 18.6 Å². The summed E-state index contributed by atoms with van der Waals surface area (Å²) in [7, 11) is 0. The molecule has 0 spiro atoms. The van der Waals surface area contributed by atoms with E-state index in [-0.39, 0.29) is 23.8 Å². The van der Waals surface area contributed by atoms with Gasteiger partial charge in [0.2, 0.25) is 0 Å².